The maximum Gasteiger partial charge on any atom is 0.416 e. The minimum atomic E-state index is -4.60. The number of carbonyl (C=O) groups excluding carboxylic acids is 1. The van der Waals surface area contributed by atoms with E-state index in [-0.39, 0.29) is 35.2 Å². The van der Waals surface area contributed by atoms with Crippen molar-refractivity contribution in [1.82, 2.24) is 4.31 Å². The Kier molecular flexibility index (Phi) is 8.14. The number of fused-ring (bicyclic) bond motifs is 1. The summed E-state index contributed by atoms with van der Waals surface area (Å²) < 4.78 is 118. The van der Waals surface area contributed by atoms with Crippen molar-refractivity contribution in [3.63, 3.8) is 0 Å². The van der Waals surface area contributed by atoms with Crippen LogP contribution in [0.1, 0.15) is 23.6 Å². The van der Waals surface area contributed by atoms with Crippen LogP contribution in [0.3, 0.4) is 0 Å². The molecule has 3 aromatic carbocycles. The molecular weight excluding hydrogens is 612 g/mol. The van der Waals surface area contributed by atoms with Gasteiger partial charge in [-0.2, -0.15) is 30.6 Å². The summed E-state index contributed by atoms with van der Waals surface area (Å²) in [4.78, 5) is 13.6. The Labute approximate surface area is 249 Å². The minimum Gasteiger partial charge on any atom is -0.461 e. The lowest BCUT2D eigenvalue weighted by Crippen LogP contribution is -2.30. The van der Waals surface area contributed by atoms with Crippen molar-refractivity contribution >= 4 is 16.0 Å². The molecule has 0 spiro atoms. The highest BCUT2D eigenvalue weighted by Crippen LogP contribution is 2.42. The van der Waals surface area contributed by atoms with Gasteiger partial charge in [-0.15, -0.1) is 0 Å². The van der Waals surface area contributed by atoms with Crippen LogP contribution in [0.15, 0.2) is 101 Å². The lowest BCUT2D eigenvalue weighted by molar-refractivity contribution is -0.138. The zero-order valence-corrected chi connectivity index (χ0v) is 24.1. The molecule has 0 N–H and O–H groups in total. The summed E-state index contributed by atoms with van der Waals surface area (Å²) >= 11 is 0. The van der Waals surface area contributed by atoms with Gasteiger partial charge in [0.05, 0.1) is 16.0 Å². The second-order valence-electron chi connectivity index (χ2n) is 10.5. The van der Waals surface area contributed by atoms with Gasteiger partial charge in [-0.25, -0.2) is 8.42 Å². The number of hydrogen-bond acceptors (Lipinski definition) is 5. The fourth-order valence-corrected chi connectivity index (χ4v) is 6.57. The molecule has 1 saturated heterocycles. The molecule has 0 bridgehead atoms. The van der Waals surface area contributed by atoms with E-state index in [2.05, 4.69) is 0 Å². The first kappa shape index (κ1) is 31.3. The summed E-state index contributed by atoms with van der Waals surface area (Å²) in [6, 6.07) is 13.6. The van der Waals surface area contributed by atoms with Crippen molar-refractivity contribution < 1.29 is 49.0 Å². The fourth-order valence-electron chi connectivity index (χ4n) is 5.13. The first-order valence-electron chi connectivity index (χ1n) is 13.3. The summed E-state index contributed by atoms with van der Waals surface area (Å²) in [5.74, 6) is -2.90. The SMILES string of the molecule is CC1=C2CN(S(=O)(=O)c3ccc(C)cc3)C[C@H]2C=C(Oc2ccc(C(F)(F)F)cc2)[C@@H]1C(=O)Oc1ccc(C(F)(F)F)cc1. The number of benzene rings is 3. The third-order valence-electron chi connectivity index (χ3n) is 7.50. The Morgan fingerprint density at radius 1 is 0.795 bits per heavy atom. The quantitative estimate of drug-likeness (QED) is 0.124. The van der Waals surface area contributed by atoms with Crippen LogP contribution in [0.2, 0.25) is 0 Å². The van der Waals surface area contributed by atoms with E-state index in [0.29, 0.717) is 11.1 Å². The molecule has 44 heavy (non-hydrogen) atoms. The normalized spacial score (nSPS) is 19.4. The number of nitrogens with zero attached hydrogens (tertiary/aromatic N) is 1. The van der Waals surface area contributed by atoms with Crippen molar-refractivity contribution in [2.75, 3.05) is 13.1 Å². The third-order valence-corrected chi connectivity index (χ3v) is 9.32. The highest BCUT2D eigenvalue weighted by molar-refractivity contribution is 7.89. The van der Waals surface area contributed by atoms with Gasteiger partial charge in [-0.3, -0.25) is 4.79 Å². The van der Waals surface area contributed by atoms with Crippen LogP contribution in [-0.4, -0.2) is 31.8 Å². The van der Waals surface area contributed by atoms with E-state index in [1.807, 2.05) is 6.92 Å². The molecule has 1 aliphatic heterocycles. The average molecular weight is 638 g/mol. The number of esters is 1. The van der Waals surface area contributed by atoms with Gasteiger partial charge in [0, 0.05) is 19.0 Å². The highest BCUT2D eigenvalue weighted by atomic mass is 32.2. The maximum absolute atomic E-state index is 13.5. The molecule has 1 heterocycles. The molecule has 2 atom stereocenters. The lowest BCUT2D eigenvalue weighted by atomic mass is 9.82. The molecule has 3 aromatic rings. The van der Waals surface area contributed by atoms with Crippen LogP contribution in [0, 0.1) is 18.8 Å². The smallest absolute Gasteiger partial charge is 0.416 e. The molecule has 232 valence electrons. The van der Waals surface area contributed by atoms with Crippen molar-refractivity contribution in [2.45, 2.75) is 31.1 Å². The van der Waals surface area contributed by atoms with Gasteiger partial charge in [0.25, 0.3) is 0 Å². The molecule has 0 saturated carbocycles. The molecule has 0 unspecified atom stereocenters. The Morgan fingerprint density at radius 2 is 1.32 bits per heavy atom. The van der Waals surface area contributed by atoms with Crippen LogP contribution < -0.4 is 9.47 Å². The number of hydrogen-bond donors (Lipinski definition) is 0. The van der Waals surface area contributed by atoms with Gasteiger partial charge in [0.2, 0.25) is 10.0 Å². The van der Waals surface area contributed by atoms with Gasteiger partial charge in [-0.05, 0) is 86.2 Å². The van der Waals surface area contributed by atoms with Gasteiger partial charge < -0.3 is 9.47 Å². The molecule has 0 radical (unpaired) electrons. The number of alkyl halides is 6. The molecule has 0 amide bonds. The van der Waals surface area contributed by atoms with E-state index in [9.17, 15) is 39.6 Å². The summed E-state index contributed by atoms with van der Waals surface area (Å²) in [6.07, 6.45) is -7.65. The first-order valence-corrected chi connectivity index (χ1v) is 14.7. The fraction of sp³-hybridized carbons (Fsp3) is 0.258. The van der Waals surface area contributed by atoms with Crippen LogP contribution in [0.5, 0.6) is 11.5 Å². The lowest BCUT2D eigenvalue weighted by Gasteiger charge is -2.28. The van der Waals surface area contributed by atoms with Crippen molar-refractivity contribution in [2.24, 2.45) is 11.8 Å². The first-order chi connectivity index (χ1) is 20.5. The largest absolute Gasteiger partial charge is 0.461 e. The molecule has 0 aromatic heterocycles. The van der Waals surface area contributed by atoms with E-state index in [1.54, 1.807) is 19.1 Å². The van der Waals surface area contributed by atoms with Crippen LogP contribution >= 0.6 is 0 Å². The minimum absolute atomic E-state index is 0.0116. The van der Waals surface area contributed by atoms with Crippen LogP contribution in [0.25, 0.3) is 0 Å². The summed E-state index contributed by atoms with van der Waals surface area (Å²) in [6.45, 7) is 3.39. The molecule has 2 aliphatic rings. The van der Waals surface area contributed by atoms with Crippen molar-refractivity contribution in [3.8, 4) is 11.5 Å². The summed E-state index contributed by atoms with van der Waals surface area (Å²) in [5, 5.41) is 0. The van der Waals surface area contributed by atoms with E-state index in [1.165, 1.54) is 22.5 Å². The Balaban J connectivity index is 1.47. The average Bonchev–Trinajstić information content (AvgIpc) is 3.38. The predicted octanol–water partition coefficient (Wildman–Crippen LogP) is 7.17. The Bertz CT molecular complexity index is 1730. The molecule has 6 nitrogen and oxygen atoms in total. The molecule has 1 fully saturated rings. The van der Waals surface area contributed by atoms with Crippen LogP contribution in [0.4, 0.5) is 26.3 Å². The third kappa shape index (κ3) is 6.39. The zero-order valence-electron chi connectivity index (χ0n) is 23.2. The summed E-state index contributed by atoms with van der Waals surface area (Å²) in [5.41, 5.74) is 0.0303. The Morgan fingerprint density at radius 3 is 1.84 bits per heavy atom. The highest BCUT2D eigenvalue weighted by Gasteiger charge is 2.43. The van der Waals surface area contributed by atoms with Crippen molar-refractivity contribution in [3.05, 3.63) is 112 Å². The number of halogens is 6. The number of aryl methyl sites for hydroxylation is 1. The zero-order chi connectivity index (χ0) is 32.0. The topological polar surface area (TPSA) is 72.9 Å². The maximum atomic E-state index is 13.5. The van der Waals surface area contributed by atoms with E-state index in [4.69, 9.17) is 9.47 Å². The van der Waals surface area contributed by atoms with E-state index < -0.39 is 51.3 Å². The standard InChI is InChI=1S/C31H25F6NO5S/c1-18-3-13-25(14-4-18)44(40,41)38-16-20-15-27(42-23-9-5-21(6-10-23)30(32,33)34)28(19(2)26(20)17-38)29(39)43-24-11-7-22(8-12-24)31(35,36)37/h3-15,20,28H,16-17H2,1-2H3/t20-,28-/m1/s1. The van der Waals surface area contributed by atoms with E-state index >= 15 is 0 Å². The molecule has 5 rings (SSSR count). The van der Waals surface area contributed by atoms with Crippen molar-refractivity contribution in [1.29, 1.82) is 0 Å². The van der Waals surface area contributed by atoms with Gasteiger partial charge in [-0.1, -0.05) is 23.3 Å². The second-order valence-corrected chi connectivity index (χ2v) is 12.4. The van der Waals surface area contributed by atoms with Gasteiger partial charge in [0.1, 0.15) is 23.2 Å². The molecular formula is C31H25F6NO5S. The summed E-state index contributed by atoms with van der Waals surface area (Å²) in [7, 11) is -3.92. The molecule has 13 heteroatoms. The predicted molar refractivity (Wildman–Crippen MR) is 147 cm³/mol. The monoisotopic (exact) mass is 637 g/mol. The number of sulfonamides is 1. The second kappa shape index (κ2) is 11.4. The van der Waals surface area contributed by atoms with Crippen LogP contribution in [-0.2, 0) is 27.2 Å². The van der Waals surface area contributed by atoms with E-state index in [0.717, 1.165) is 54.1 Å². The number of rotatable bonds is 6. The number of carbonyl (C=O) groups is 1. The molecule has 1 aliphatic carbocycles. The number of ether oxygens (including phenoxy) is 2. The Hall–Kier alpha value is -4.10. The van der Waals surface area contributed by atoms with Gasteiger partial charge in [0.15, 0.2) is 0 Å². The van der Waals surface area contributed by atoms with Gasteiger partial charge >= 0.3 is 18.3 Å².